The Morgan fingerprint density at radius 2 is 1.86 bits per heavy atom. The fourth-order valence-electron chi connectivity index (χ4n) is 5.26. The second-order valence-corrected chi connectivity index (χ2v) is 10.6. The van der Waals surface area contributed by atoms with E-state index in [1.54, 1.807) is 37.3 Å². The smallest absolute Gasteiger partial charge is 0.412 e. The molecule has 194 valence electrons. The predicted molar refractivity (Wildman–Crippen MR) is 143 cm³/mol. The molecule has 0 spiro atoms. The molecule has 1 aromatic rings. The molecule has 2 aliphatic heterocycles. The van der Waals surface area contributed by atoms with E-state index in [9.17, 15) is 4.79 Å². The maximum atomic E-state index is 12.3. The molecule has 1 aromatic carbocycles. The second kappa shape index (κ2) is 12.2. The standard InChI is InChI=1S/C27H36N4O4S/c1-33-22-5-4-6-23(19-22)35-27(32)28-20-9-11-21(12-10-20)34-18-17-30-13-15-31(16-14-30)26-24-7-2-3-8-25(24)36-29-26/h2-8,19-21,24-25H,9-18H2,1H3,(H,28,32). The number of methoxy groups -OCH3 is 1. The first-order valence-corrected chi connectivity index (χ1v) is 13.8. The number of carbonyl (C=O) groups excluding carboxylic acids is 1. The number of ether oxygens (including phenoxy) is 3. The highest BCUT2D eigenvalue weighted by molar-refractivity contribution is 7.99. The van der Waals surface area contributed by atoms with E-state index in [0.29, 0.717) is 22.7 Å². The summed E-state index contributed by atoms with van der Waals surface area (Å²) in [6.07, 6.45) is 12.4. The lowest BCUT2D eigenvalue weighted by Crippen LogP contribution is -2.51. The summed E-state index contributed by atoms with van der Waals surface area (Å²) in [4.78, 5) is 17.2. The van der Waals surface area contributed by atoms with Gasteiger partial charge in [-0.3, -0.25) is 4.90 Å². The molecule has 2 fully saturated rings. The first kappa shape index (κ1) is 25.2. The van der Waals surface area contributed by atoms with Crippen molar-refractivity contribution in [1.82, 2.24) is 15.1 Å². The molecule has 0 radical (unpaired) electrons. The lowest BCUT2D eigenvalue weighted by atomic mass is 9.93. The summed E-state index contributed by atoms with van der Waals surface area (Å²) in [7, 11) is 1.59. The van der Waals surface area contributed by atoms with Crippen LogP contribution < -0.4 is 14.8 Å². The number of amides is 1. The molecule has 2 unspecified atom stereocenters. The van der Waals surface area contributed by atoms with Crippen LogP contribution in [0.5, 0.6) is 11.5 Å². The SMILES string of the molecule is COc1cccc(OC(=O)NC2CCC(OCCN3CCN(C4=NSC5C=CC=CC45)CC3)CC2)c1. The van der Waals surface area contributed by atoms with Crippen molar-refractivity contribution in [3.8, 4) is 11.5 Å². The molecule has 9 heteroatoms. The maximum Gasteiger partial charge on any atom is 0.412 e. The van der Waals surface area contributed by atoms with E-state index >= 15 is 0 Å². The Kier molecular flexibility index (Phi) is 8.51. The average molecular weight is 513 g/mol. The van der Waals surface area contributed by atoms with Crippen LogP contribution in [0.15, 0.2) is 53.0 Å². The first-order chi connectivity index (χ1) is 17.7. The summed E-state index contributed by atoms with van der Waals surface area (Å²) in [5.74, 6) is 2.82. The topological polar surface area (TPSA) is 75.6 Å². The first-order valence-electron chi connectivity index (χ1n) is 13.0. The minimum atomic E-state index is -0.416. The zero-order valence-corrected chi connectivity index (χ0v) is 21.7. The molecule has 1 saturated heterocycles. The highest BCUT2D eigenvalue weighted by Crippen LogP contribution is 2.35. The van der Waals surface area contributed by atoms with Gasteiger partial charge in [-0.2, -0.15) is 0 Å². The molecule has 4 aliphatic rings. The van der Waals surface area contributed by atoms with Crippen LogP contribution in [0.1, 0.15) is 25.7 Å². The molecule has 1 N–H and O–H groups in total. The van der Waals surface area contributed by atoms with E-state index in [4.69, 9.17) is 18.6 Å². The zero-order valence-electron chi connectivity index (χ0n) is 20.9. The predicted octanol–water partition coefficient (Wildman–Crippen LogP) is 3.90. The van der Waals surface area contributed by atoms with Crippen molar-refractivity contribution in [3.63, 3.8) is 0 Å². The fourth-order valence-corrected chi connectivity index (χ4v) is 6.23. The Morgan fingerprint density at radius 1 is 1.08 bits per heavy atom. The number of hydrogen-bond donors (Lipinski definition) is 1. The van der Waals surface area contributed by atoms with Crippen molar-refractivity contribution < 1.29 is 19.0 Å². The third-order valence-electron chi connectivity index (χ3n) is 7.36. The van der Waals surface area contributed by atoms with Crippen LogP contribution >= 0.6 is 11.9 Å². The van der Waals surface area contributed by atoms with Crippen LogP contribution in [0.4, 0.5) is 4.79 Å². The van der Waals surface area contributed by atoms with Gasteiger partial charge in [0, 0.05) is 44.8 Å². The number of carbonyl (C=O) groups is 1. The summed E-state index contributed by atoms with van der Waals surface area (Å²) >= 11 is 1.70. The van der Waals surface area contributed by atoms with E-state index < -0.39 is 6.09 Å². The van der Waals surface area contributed by atoms with Crippen LogP contribution in [0.25, 0.3) is 0 Å². The lowest BCUT2D eigenvalue weighted by Gasteiger charge is -2.37. The van der Waals surface area contributed by atoms with Crippen LogP contribution in [-0.4, -0.2) is 85.6 Å². The molecule has 2 atom stereocenters. The summed E-state index contributed by atoms with van der Waals surface area (Å²) < 4.78 is 21.6. The minimum Gasteiger partial charge on any atom is -0.497 e. The number of nitrogens with zero attached hydrogens (tertiary/aromatic N) is 3. The Balaban J connectivity index is 0.949. The Hall–Kier alpha value is -2.49. The molecule has 0 bridgehead atoms. The number of hydrogen-bond acceptors (Lipinski definition) is 8. The zero-order chi connectivity index (χ0) is 24.7. The third kappa shape index (κ3) is 6.44. The minimum absolute atomic E-state index is 0.127. The molecule has 1 saturated carbocycles. The van der Waals surface area contributed by atoms with Crippen LogP contribution in [0.2, 0.25) is 0 Å². The van der Waals surface area contributed by atoms with Gasteiger partial charge in [-0.1, -0.05) is 30.4 Å². The van der Waals surface area contributed by atoms with Crippen LogP contribution in [-0.2, 0) is 4.74 Å². The molecule has 1 amide bonds. The Labute approximate surface area is 217 Å². The van der Waals surface area contributed by atoms with Crippen molar-refractivity contribution in [2.24, 2.45) is 10.3 Å². The summed E-state index contributed by atoms with van der Waals surface area (Å²) in [5, 5.41) is 3.46. The largest absolute Gasteiger partial charge is 0.497 e. The van der Waals surface area contributed by atoms with E-state index in [1.807, 2.05) is 6.07 Å². The van der Waals surface area contributed by atoms with Gasteiger partial charge < -0.3 is 24.4 Å². The van der Waals surface area contributed by atoms with Gasteiger partial charge in [0.15, 0.2) is 0 Å². The van der Waals surface area contributed by atoms with Crippen molar-refractivity contribution in [3.05, 3.63) is 48.6 Å². The van der Waals surface area contributed by atoms with E-state index in [0.717, 1.165) is 65.0 Å². The van der Waals surface area contributed by atoms with Gasteiger partial charge in [0.2, 0.25) is 0 Å². The third-order valence-corrected chi connectivity index (χ3v) is 8.34. The second-order valence-electron chi connectivity index (χ2n) is 9.70. The van der Waals surface area contributed by atoms with Crippen molar-refractivity contribution >= 4 is 23.9 Å². The van der Waals surface area contributed by atoms with E-state index in [-0.39, 0.29) is 12.1 Å². The molecule has 36 heavy (non-hydrogen) atoms. The van der Waals surface area contributed by atoms with Crippen molar-refractivity contribution in [2.75, 3.05) is 46.4 Å². The summed E-state index contributed by atoms with van der Waals surface area (Å²) in [6.45, 7) is 5.89. The van der Waals surface area contributed by atoms with E-state index in [2.05, 4.69) is 39.4 Å². The van der Waals surface area contributed by atoms with Crippen molar-refractivity contribution in [2.45, 2.75) is 43.1 Å². The number of benzene rings is 1. The summed E-state index contributed by atoms with van der Waals surface area (Å²) in [5.41, 5.74) is 0. The quantitative estimate of drug-likeness (QED) is 0.556. The van der Waals surface area contributed by atoms with Gasteiger partial charge in [0.05, 0.1) is 31.0 Å². The van der Waals surface area contributed by atoms with E-state index in [1.165, 1.54) is 5.84 Å². The highest BCUT2D eigenvalue weighted by atomic mass is 32.2. The lowest BCUT2D eigenvalue weighted by molar-refractivity contribution is 0.00767. The number of allylic oxidation sites excluding steroid dienone is 2. The van der Waals surface area contributed by atoms with Gasteiger partial charge in [-0.25, -0.2) is 9.19 Å². The number of nitrogens with one attached hydrogen (secondary N) is 1. The van der Waals surface area contributed by atoms with Gasteiger partial charge in [0.1, 0.15) is 17.3 Å². The molecular formula is C27H36N4O4S. The summed E-state index contributed by atoms with van der Waals surface area (Å²) in [6, 6.07) is 7.19. The van der Waals surface area contributed by atoms with Gasteiger partial charge >= 0.3 is 6.09 Å². The molecule has 5 rings (SSSR count). The highest BCUT2D eigenvalue weighted by Gasteiger charge is 2.34. The monoisotopic (exact) mass is 512 g/mol. The average Bonchev–Trinajstić information content (AvgIpc) is 3.34. The van der Waals surface area contributed by atoms with Gasteiger partial charge in [0.25, 0.3) is 0 Å². The molecule has 2 heterocycles. The Morgan fingerprint density at radius 3 is 2.67 bits per heavy atom. The number of rotatable bonds is 7. The number of amidine groups is 1. The normalized spacial score (nSPS) is 27.9. The molecule has 2 aliphatic carbocycles. The number of piperazine rings is 1. The molecule has 0 aromatic heterocycles. The molecule has 8 nitrogen and oxygen atoms in total. The molecular weight excluding hydrogens is 476 g/mol. The fraction of sp³-hybridized carbons (Fsp3) is 0.556. The van der Waals surface area contributed by atoms with Crippen molar-refractivity contribution in [1.29, 1.82) is 0 Å². The van der Waals surface area contributed by atoms with Gasteiger partial charge in [-0.15, -0.1) is 0 Å². The van der Waals surface area contributed by atoms with Gasteiger partial charge in [-0.05, 0) is 49.8 Å². The van der Waals surface area contributed by atoms with Crippen LogP contribution in [0.3, 0.4) is 0 Å². The van der Waals surface area contributed by atoms with Crippen LogP contribution in [0, 0.1) is 5.92 Å². The number of fused-ring (bicyclic) bond motifs is 1. The maximum absolute atomic E-state index is 12.3. The Bertz CT molecular complexity index is 984.